The number of carbonyl (C=O) groups excluding carboxylic acids is 7. The fourth-order valence-electron chi connectivity index (χ4n) is 6.30. The SMILES string of the molecule is CCC(C)C(NC(=O)CNC(=O)C(C)NC(=O)C(Cc1c[nH]c2ccccc12)NC(=O)C(C)N)C(=O)NC(CC(=O)O)C(=O)NC(CC(C)C)C(=O)NC(CCCCN)C(=O)O. The third kappa shape index (κ3) is 17.1. The zero-order chi connectivity index (χ0) is 46.7. The fourth-order valence-corrected chi connectivity index (χ4v) is 6.30. The highest BCUT2D eigenvalue weighted by Crippen LogP contribution is 2.19. The normalized spacial score (nSPS) is 15.0. The number of carbonyl (C=O) groups is 9. The van der Waals surface area contributed by atoms with Crippen molar-refractivity contribution >= 4 is 64.2 Å². The molecule has 0 fully saturated rings. The summed E-state index contributed by atoms with van der Waals surface area (Å²) in [6, 6.07) is -1.44. The lowest BCUT2D eigenvalue weighted by Crippen LogP contribution is -2.59. The van der Waals surface area contributed by atoms with Crippen LogP contribution in [0, 0.1) is 11.8 Å². The molecule has 7 amide bonds. The number of fused-ring (bicyclic) bond motifs is 1. The molecule has 0 radical (unpaired) electrons. The van der Waals surface area contributed by atoms with Gasteiger partial charge in [0, 0.05) is 23.5 Å². The van der Waals surface area contributed by atoms with Gasteiger partial charge in [-0.05, 0) is 69.5 Å². The lowest BCUT2D eigenvalue weighted by atomic mass is 9.97. The van der Waals surface area contributed by atoms with Crippen LogP contribution >= 0.6 is 0 Å². The summed E-state index contributed by atoms with van der Waals surface area (Å²) < 4.78 is 0. The van der Waals surface area contributed by atoms with E-state index in [0.717, 1.165) is 16.5 Å². The van der Waals surface area contributed by atoms with E-state index >= 15 is 0 Å². The van der Waals surface area contributed by atoms with Crippen molar-refractivity contribution in [2.45, 2.75) is 129 Å². The standard InChI is InChI=1S/C41H64N10O11/c1-7-22(4)34(40(60)50-31(18-33(53)54)39(59)49-29(16-21(2)3)38(58)47-28(41(61)62)14-10-11-15-42)51-32(52)20-45-36(56)24(6)46-37(57)30(48-35(55)23(5)43)17-25-19-44-27-13-9-8-12-26(25)27/h8-9,12-13,19,21-24,28-31,34,44H,7,10-11,14-18,20,42-43H2,1-6H3,(H,45,56)(H,46,57)(H,47,58)(H,48,55)(H,49,59)(H,50,60)(H,51,52)(H,53,54)(H,61,62). The van der Waals surface area contributed by atoms with E-state index in [9.17, 15) is 53.4 Å². The summed E-state index contributed by atoms with van der Waals surface area (Å²) in [5.41, 5.74) is 12.8. The van der Waals surface area contributed by atoms with Gasteiger partial charge in [0.25, 0.3) is 0 Å². The minimum atomic E-state index is -1.72. The predicted molar refractivity (Wildman–Crippen MR) is 228 cm³/mol. The summed E-state index contributed by atoms with van der Waals surface area (Å²) in [4.78, 5) is 119. The first kappa shape index (κ1) is 52.0. The molecule has 0 aliphatic heterocycles. The van der Waals surface area contributed by atoms with Crippen LogP contribution in [0.25, 0.3) is 10.9 Å². The van der Waals surface area contributed by atoms with Crippen molar-refractivity contribution < 1.29 is 53.4 Å². The Labute approximate surface area is 360 Å². The van der Waals surface area contributed by atoms with Gasteiger partial charge in [-0.1, -0.05) is 52.3 Å². The van der Waals surface area contributed by atoms with E-state index < -0.39 is 114 Å². The second-order valence-corrected chi connectivity index (χ2v) is 15.8. The molecule has 0 bridgehead atoms. The van der Waals surface area contributed by atoms with E-state index in [2.05, 4.69) is 42.2 Å². The maximum Gasteiger partial charge on any atom is 0.326 e. The topological polar surface area (TPSA) is 346 Å². The van der Waals surface area contributed by atoms with Crippen molar-refractivity contribution in [2.24, 2.45) is 23.3 Å². The number of amides is 7. The van der Waals surface area contributed by atoms with E-state index in [-0.39, 0.29) is 25.2 Å². The van der Waals surface area contributed by atoms with Crippen LogP contribution in [0.2, 0.25) is 0 Å². The molecule has 1 aromatic heterocycles. The Bertz CT molecular complexity index is 1880. The number of unbranched alkanes of at least 4 members (excludes halogenated alkanes) is 1. The Balaban J connectivity index is 2.13. The lowest BCUT2D eigenvalue weighted by molar-refractivity contribution is -0.143. The Hall–Kier alpha value is -6.09. The zero-order valence-electron chi connectivity index (χ0n) is 36.2. The fraction of sp³-hybridized carbons (Fsp3) is 0.585. The first-order valence-corrected chi connectivity index (χ1v) is 20.7. The number of aliphatic carboxylic acids is 2. The number of para-hydroxylation sites is 1. The van der Waals surface area contributed by atoms with E-state index in [1.807, 2.05) is 24.3 Å². The van der Waals surface area contributed by atoms with Gasteiger partial charge in [0.1, 0.15) is 36.3 Å². The minimum Gasteiger partial charge on any atom is -0.481 e. The molecule has 8 unspecified atom stereocenters. The van der Waals surface area contributed by atoms with Gasteiger partial charge in [-0.25, -0.2) is 4.79 Å². The summed E-state index contributed by atoms with van der Waals surface area (Å²) in [5.74, 6) is -9.14. The molecule has 0 saturated carbocycles. The third-order valence-electron chi connectivity index (χ3n) is 10.0. The lowest BCUT2D eigenvalue weighted by Gasteiger charge is -2.28. The number of H-pyrrole nitrogens is 1. The molecular formula is C41H64N10O11. The number of aromatic amines is 1. The zero-order valence-corrected chi connectivity index (χ0v) is 36.2. The molecule has 0 aliphatic carbocycles. The Morgan fingerprint density at radius 2 is 1.31 bits per heavy atom. The first-order valence-electron chi connectivity index (χ1n) is 20.7. The molecule has 0 aliphatic rings. The van der Waals surface area contributed by atoms with Gasteiger partial charge >= 0.3 is 11.9 Å². The first-order chi connectivity index (χ1) is 29.2. The number of hydrogen-bond donors (Lipinski definition) is 12. The monoisotopic (exact) mass is 872 g/mol. The van der Waals surface area contributed by atoms with Crippen LogP contribution in [-0.4, -0.2) is 124 Å². The number of carboxylic acid groups (broad SMARTS) is 2. The highest BCUT2D eigenvalue weighted by Gasteiger charge is 2.34. The summed E-state index contributed by atoms with van der Waals surface area (Å²) in [7, 11) is 0. The van der Waals surface area contributed by atoms with Crippen molar-refractivity contribution in [3.63, 3.8) is 0 Å². The molecule has 62 heavy (non-hydrogen) atoms. The molecule has 344 valence electrons. The molecule has 0 saturated heterocycles. The summed E-state index contributed by atoms with van der Waals surface area (Å²) in [6.45, 7) is 9.37. The van der Waals surface area contributed by atoms with Gasteiger partial charge in [0.05, 0.1) is 19.0 Å². The number of nitrogens with one attached hydrogen (secondary N) is 8. The summed E-state index contributed by atoms with van der Waals surface area (Å²) >= 11 is 0. The smallest absolute Gasteiger partial charge is 0.326 e. The van der Waals surface area contributed by atoms with E-state index in [1.54, 1.807) is 33.9 Å². The van der Waals surface area contributed by atoms with Crippen molar-refractivity contribution in [2.75, 3.05) is 13.1 Å². The van der Waals surface area contributed by atoms with Crippen LogP contribution in [0.3, 0.4) is 0 Å². The summed E-state index contributed by atoms with van der Waals surface area (Å²) in [5, 5.41) is 37.4. The quantitative estimate of drug-likeness (QED) is 0.0474. The Kier molecular flexibility index (Phi) is 21.5. The van der Waals surface area contributed by atoms with Crippen molar-refractivity contribution in [3.8, 4) is 0 Å². The average molecular weight is 873 g/mol. The van der Waals surface area contributed by atoms with Gasteiger partial charge in [-0.2, -0.15) is 0 Å². The third-order valence-corrected chi connectivity index (χ3v) is 10.0. The van der Waals surface area contributed by atoms with Crippen molar-refractivity contribution in [1.29, 1.82) is 0 Å². The van der Waals surface area contributed by atoms with E-state index in [4.69, 9.17) is 11.5 Å². The van der Waals surface area contributed by atoms with Gasteiger partial charge in [0.15, 0.2) is 0 Å². The number of benzene rings is 1. The second kappa shape index (κ2) is 25.6. The van der Waals surface area contributed by atoms with Crippen LogP contribution in [0.1, 0.15) is 85.6 Å². The minimum absolute atomic E-state index is 0.0513. The van der Waals surface area contributed by atoms with Gasteiger partial charge in [-0.3, -0.25) is 38.4 Å². The van der Waals surface area contributed by atoms with Crippen LogP contribution in [0.5, 0.6) is 0 Å². The second-order valence-electron chi connectivity index (χ2n) is 15.8. The van der Waals surface area contributed by atoms with E-state index in [0.29, 0.717) is 25.8 Å². The Morgan fingerprint density at radius 3 is 1.90 bits per heavy atom. The molecule has 1 aromatic carbocycles. The van der Waals surface area contributed by atoms with Crippen molar-refractivity contribution in [3.05, 3.63) is 36.0 Å². The van der Waals surface area contributed by atoms with Crippen LogP contribution < -0.4 is 48.7 Å². The van der Waals surface area contributed by atoms with E-state index in [1.165, 1.54) is 13.8 Å². The molecule has 1 heterocycles. The number of nitrogens with two attached hydrogens (primary N) is 2. The van der Waals surface area contributed by atoms with Crippen LogP contribution in [-0.2, 0) is 49.6 Å². The van der Waals surface area contributed by atoms with Gasteiger partial charge in [0.2, 0.25) is 41.4 Å². The highest BCUT2D eigenvalue weighted by atomic mass is 16.4. The molecule has 2 aromatic rings. The highest BCUT2D eigenvalue weighted by molar-refractivity contribution is 5.98. The maximum atomic E-state index is 13.6. The number of rotatable bonds is 27. The molecule has 8 atom stereocenters. The van der Waals surface area contributed by atoms with Crippen LogP contribution in [0.4, 0.5) is 0 Å². The molecule has 2 rings (SSSR count). The summed E-state index contributed by atoms with van der Waals surface area (Å²) in [6.07, 6.45) is 2.31. The average Bonchev–Trinajstić information content (AvgIpc) is 3.62. The molecular weight excluding hydrogens is 809 g/mol. The maximum absolute atomic E-state index is 13.6. The van der Waals surface area contributed by atoms with Crippen molar-refractivity contribution in [1.82, 2.24) is 42.2 Å². The number of hydrogen-bond acceptors (Lipinski definition) is 11. The van der Waals surface area contributed by atoms with Gasteiger partial charge in [-0.15, -0.1) is 0 Å². The molecule has 21 heteroatoms. The Morgan fingerprint density at radius 1 is 0.710 bits per heavy atom. The number of aromatic nitrogens is 1. The molecule has 14 N–H and O–H groups in total. The van der Waals surface area contributed by atoms with Gasteiger partial charge < -0.3 is 63.9 Å². The molecule has 21 nitrogen and oxygen atoms in total. The molecule has 0 spiro atoms. The number of carboxylic acids is 2. The largest absolute Gasteiger partial charge is 0.481 e. The predicted octanol–water partition coefficient (Wildman–Crippen LogP) is -1.12. The van der Waals surface area contributed by atoms with Crippen LogP contribution in [0.15, 0.2) is 30.5 Å².